The summed E-state index contributed by atoms with van der Waals surface area (Å²) in [6.07, 6.45) is 54.5. The molecule has 0 aliphatic carbocycles. The second kappa shape index (κ2) is 58.8. The molecule has 0 bridgehead atoms. The summed E-state index contributed by atoms with van der Waals surface area (Å²) >= 11 is 0. The van der Waals surface area contributed by atoms with Gasteiger partial charge >= 0.3 is 35.8 Å². The molecule has 0 amide bonds. The van der Waals surface area contributed by atoms with Gasteiger partial charge in [0, 0.05) is 12.4 Å². The van der Waals surface area contributed by atoms with Crippen LogP contribution in [0.5, 0.6) is 11.5 Å². The molecule has 606 valence electrons. The first-order valence-electron chi connectivity index (χ1n) is 43.2. The number of unbranched alkanes of at least 4 members (excludes halogenated alkanes) is 36. The number of hydrogen-bond acceptors (Lipinski definition) is 14. The molecule has 0 radical (unpaired) electrons. The number of nitrogens with zero attached hydrogens (tertiary/aromatic N) is 2. The second-order valence-electron chi connectivity index (χ2n) is 29.9. The highest BCUT2D eigenvalue weighted by molar-refractivity contribution is 6.18. The van der Waals surface area contributed by atoms with Crippen LogP contribution in [0.2, 0.25) is 0 Å². The molecule has 0 saturated heterocycles. The van der Waals surface area contributed by atoms with Crippen LogP contribution >= 0.6 is 0 Å². The third-order valence-corrected chi connectivity index (χ3v) is 20.2. The zero-order valence-corrected chi connectivity index (χ0v) is 68.5. The molecule has 0 N–H and O–H groups in total. The first-order chi connectivity index (χ1) is 54.9. The van der Waals surface area contributed by atoms with Crippen molar-refractivity contribution < 1.29 is 57.2 Å². The van der Waals surface area contributed by atoms with E-state index >= 15 is 0 Å². The number of esters is 6. The van der Waals surface area contributed by atoms with E-state index in [1.165, 1.54) is 203 Å². The summed E-state index contributed by atoms with van der Waals surface area (Å²) in [7, 11) is 0. The number of carbonyl (C=O) groups excluding carboxylic acids is 6. The van der Waals surface area contributed by atoms with Crippen molar-refractivity contribution in [3.8, 4) is 11.5 Å². The van der Waals surface area contributed by atoms with Crippen LogP contribution < -0.4 is 9.47 Å². The molecule has 6 aromatic carbocycles. The van der Waals surface area contributed by atoms with Crippen molar-refractivity contribution in [1.82, 2.24) is 0 Å². The standard InChI is InChI=1S/C98H132N2O12/c1-5-9-13-17-21-25-29-33-37-41-71-107-95(103)91(96(104)108-72-42-38-34-30-26-22-18-14-10-6-2)75-81-47-59-85(60-48-81)93(101)111-89-67-55-83(56-68-89)77-99-87-63-51-79(52-64-87)45-46-80-53-65-88(66-54-80)100-78-84-57-69-90(70-58-84)112-94(102)86-61-49-82(50-62-86)76-92(97(105)109-73-43-39-35-31-27-23-19-15-11-7-3)98(106)110-74-44-40-36-32-28-24-20-16-12-8-4/h47-70,75-78H,5-46,71-74H2,1-4H3. The van der Waals surface area contributed by atoms with Gasteiger partial charge in [0.15, 0.2) is 0 Å². The SMILES string of the molecule is CCCCCCCCCCCCOC(=O)C(=Cc1ccc(C(=O)Oc2ccc(C=Nc3ccc(CCc4ccc(N=Cc5ccc(OC(=O)c6ccc(C=C(C(=O)OCCCCCCCCCCCC)C(=O)OCCCCCCCCCCCC)cc6)cc5)cc4)cc3)cc2)cc1)C(=O)OCCCCCCCCCCCC. The van der Waals surface area contributed by atoms with Gasteiger partial charge < -0.3 is 28.4 Å². The number of ether oxygens (including phenoxy) is 6. The van der Waals surface area contributed by atoms with Crippen LogP contribution in [-0.2, 0) is 51.0 Å². The summed E-state index contributed by atoms with van der Waals surface area (Å²) in [6, 6.07) is 43.6. The lowest BCUT2D eigenvalue weighted by atomic mass is 10.0. The molecule has 0 unspecified atom stereocenters. The molecule has 14 heteroatoms. The lowest BCUT2D eigenvalue weighted by Gasteiger charge is -2.10. The van der Waals surface area contributed by atoms with Crippen LogP contribution in [0.4, 0.5) is 11.4 Å². The summed E-state index contributed by atoms with van der Waals surface area (Å²) in [4.78, 5) is 89.6. The number of benzene rings is 6. The molecule has 0 aliphatic rings. The highest BCUT2D eigenvalue weighted by Gasteiger charge is 2.24. The molecule has 6 rings (SSSR count). The monoisotopic (exact) mass is 1530 g/mol. The van der Waals surface area contributed by atoms with E-state index in [0.717, 1.165) is 112 Å². The second-order valence-corrected chi connectivity index (χ2v) is 29.9. The smallest absolute Gasteiger partial charge is 0.345 e. The Balaban J connectivity index is 0.914. The Morgan fingerprint density at radius 1 is 0.259 bits per heavy atom. The predicted octanol–water partition coefficient (Wildman–Crippen LogP) is 26.0. The lowest BCUT2D eigenvalue weighted by molar-refractivity contribution is -0.148. The van der Waals surface area contributed by atoms with Gasteiger partial charge in [0.2, 0.25) is 0 Å². The average molecular weight is 1530 g/mol. The Kier molecular flexibility index (Phi) is 48.2. The van der Waals surface area contributed by atoms with Crippen molar-refractivity contribution >= 4 is 71.8 Å². The normalized spacial score (nSPS) is 11.2. The Hall–Kier alpha value is -9.04. The molecule has 6 aromatic rings. The summed E-state index contributed by atoms with van der Waals surface area (Å²) in [5.74, 6) is -3.20. The maximum atomic E-state index is 13.4. The van der Waals surface area contributed by atoms with E-state index in [-0.39, 0.29) is 37.6 Å². The fraction of sp³-hybridized carbons (Fsp3) is 0.510. The number of aliphatic imine (C=N–C) groups is 2. The minimum atomic E-state index is -0.709. The van der Waals surface area contributed by atoms with Gasteiger partial charge in [-0.2, -0.15) is 0 Å². The average Bonchev–Trinajstić information content (AvgIpc) is 0.853. The van der Waals surface area contributed by atoms with E-state index in [1.54, 1.807) is 85.2 Å². The molecule has 0 heterocycles. The Bertz CT molecular complexity index is 3380. The van der Waals surface area contributed by atoms with E-state index in [4.69, 9.17) is 28.4 Å². The zero-order valence-electron chi connectivity index (χ0n) is 68.5. The molecule has 0 atom stereocenters. The number of aryl methyl sites for hydroxylation is 2. The number of hydrogen-bond donors (Lipinski definition) is 0. The van der Waals surface area contributed by atoms with Gasteiger partial charge in [-0.3, -0.25) is 9.98 Å². The molecular weight excluding hydrogens is 1400 g/mol. The fourth-order valence-electron chi connectivity index (χ4n) is 13.2. The van der Waals surface area contributed by atoms with Crippen molar-refractivity contribution in [3.63, 3.8) is 0 Å². The Labute approximate surface area is 671 Å². The van der Waals surface area contributed by atoms with Gasteiger partial charge in [0.05, 0.1) is 48.9 Å². The fourth-order valence-corrected chi connectivity index (χ4v) is 13.2. The van der Waals surface area contributed by atoms with Crippen LogP contribution in [0.15, 0.2) is 167 Å². The van der Waals surface area contributed by atoms with Crippen molar-refractivity contribution in [2.45, 2.75) is 297 Å². The van der Waals surface area contributed by atoms with E-state index in [2.05, 4.69) is 61.9 Å². The maximum Gasteiger partial charge on any atom is 0.345 e. The van der Waals surface area contributed by atoms with Gasteiger partial charge in [0.1, 0.15) is 22.6 Å². The molecule has 0 aliphatic heterocycles. The van der Waals surface area contributed by atoms with Crippen molar-refractivity contribution in [3.05, 3.63) is 201 Å². The van der Waals surface area contributed by atoms with Crippen LogP contribution in [0.3, 0.4) is 0 Å². The van der Waals surface area contributed by atoms with Crippen LogP contribution in [0.25, 0.3) is 12.2 Å². The highest BCUT2D eigenvalue weighted by Crippen LogP contribution is 2.24. The van der Waals surface area contributed by atoms with E-state index in [9.17, 15) is 28.8 Å². The Morgan fingerprint density at radius 2 is 0.482 bits per heavy atom. The minimum Gasteiger partial charge on any atom is -0.462 e. The summed E-state index contributed by atoms with van der Waals surface area (Å²) in [5.41, 5.74) is 7.00. The summed E-state index contributed by atoms with van der Waals surface area (Å²) < 4.78 is 33.9. The number of carbonyl (C=O) groups is 6. The summed E-state index contributed by atoms with van der Waals surface area (Å²) in [5, 5.41) is 0. The molecule has 0 saturated carbocycles. The van der Waals surface area contributed by atoms with Gasteiger partial charge in [0.25, 0.3) is 0 Å². The van der Waals surface area contributed by atoms with Gasteiger partial charge in [-0.05, 0) is 181 Å². The third kappa shape index (κ3) is 40.4. The molecule has 0 spiro atoms. The summed E-state index contributed by atoms with van der Waals surface area (Å²) in [6.45, 7) is 9.84. The van der Waals surface area contributed by atoms with Crippen LogP contribution in [0, 0.1) is 0 Å². The van der Waals surface area contributed by atoms with Crippen LogP contribution in [-0.4, -0.2) is 74.7 Å². The van der Waals surface area contributed by atoms with E-state index in [1.807, 2.05) is 48.5 Å². The first kappa shape index (κ1) is 91.8. The predicted molar refractivity (Wildman–Crippen MR) is 458 cm³/mol. The van der Waals surface area contributed by atoms with E-state index in [0.29, 0.717) is 33.8 Å². The topological polar surface area (TPSA) is 183 Å². The molecular formula is C98H132N2O12. The van der Waals surface area contributed by atoms with Crippen molar-refractivity contribution in [1.29, 1.82) is 0 Å². The quantitative estimate of drug-likeness (QED) is 0.00516. The van der Waals surface area contributed by atoms with Gasteiger partial charge in [-0.25, -0.2) is 28.8 Å². The van der Waals surface area contributed by atoms with Crippen molar-refractivity contribution in [2.24, 2.45) is 9.98 Å². The maximum absolute atomic E-state index is 13.4. The van der Waals surface area contributed by atoms with Gasteiger partial charge in [-0.1, -0.05) is 307 Å². The number of rotatable bonds is 61. The van der Waals surface area contributed by atoms with Gasteiger partial charge in [-0.15, -0.1) is 0 Å². The third-order valence-electron chi connectivity index (χ3n) is 20.2. The molecule has 0 aromatic heterocycles. The molecule has 14 nitrogen and oxygen atoms in total. The Morgan fingerprint density at radius 3 is 0.723 bits per heavy atom. The largest absolute Gasteiger partial charge is 0.462 e. The zero-order chi connectivity index (χ0) is 79.5. The van der Waals surface area contributed by atoms with Crippen molar-refractivity contribution in [2.75, 3.05) is 26.4 Å². The highest BCUT2D eigenvalue weighted by atomic mass is 16.6. The lowest BCUT2D eigenvalue weighted by Crippen LogP contribution is -2.19. The van der Waals surface area contributed by atoms with Crippen LogP contribution in [0.1, 0.15) is 339 Å². The molecule has 0 fully saturated rings. The first-order valence-corrected chi connectivity index (χ1v) is 43.2. The molecule has 112 heavy (non-hydrogen) atoms. The van der Waals surface area contributed by atoms with E-state index < -0.39 is 35.8 Å². The minimum absolute atomic E-state index is 0.168.